The molecule has 0 aromatic rings. The lowest BCUT2D eigenvalue weighted by Crippen LogP contribution is -2.41. The summed E-state index contributed by atoms with van der Waals surface area (Å²) in [5.41, 5.74) is 0. The van der Waals surface area contributed by atoms with Crippen molar-refractivity contribution in [1.29, 1.82) is 0 Å². The van der Waals surface area contributed by atoms with Gasteiger partial charge in [-0.25, -0.2) is 0 Å². The van der Waals surface area contributed by atoms with Crippen LogP contribution in [-0.4, -0.2) is 29.6 Å². The van der Waals surface area contributed by atoms with Gasteiger partial charge in [-0.2, -0.15) is 0 Å². The Morgan fingerprint density at radius 1 is 1.47 bits per heavy atom. The Hall–Kier alpha value is -0.570. The summed E-state index contributed by atoms with van der Waals surface area (Å²) >= 11 is 0. The largest absolute Gasteiger partial charge is 0.326 e. The molecule has 1 aliphatic carbocycles. The van der Waals surface area contributed by atoms with Crippen LogP contribution in [0.1, 0.15) is 46.0 Å². The van der Waals surface area contributed by atoms with Crippen LogP contribution in [0.2, 0.25) is 0 Å². The van der Waals surface area contributed by atoms with Gasteiger partial charge in [0.15, 0.2) is 0 Å². The number of amides is 1. The summed E-state index contributed by atoms with van der Waals surface area (Å²) in [5.74, 6) is 1.14. The quantitative estimate of drug-likeness (QED) is 0.753. The molecule has 3 unspecified atom stereocenters. The third-order valence-electron chi connectivity index (χ3n) is 3.99. The fourth-order valence-corrected chi connectivity index (χ4v) is 2.87. The fraction of sp³-hybridized carbons (Fsp3) is 0.917. The minimum atomic E-state index is 0.0343. The van der Waals surface area contributed by atoms with E-state index < -0.39 is 0 Å². The number of nitrogens with one attached hydrogen (secondary N) is 1. The van der Waals surface area contributed by atoms with E-state index in [1.54, 1.807) is 0 Å². The minimum Gasteiger partial charge on any atom is -0.326 e. The van der Waals surface area contributed by atoms with Crippen LogP contribution in [0, 0.1) is 5.92 Å². The highest BCUT2D eigenvalue weighted by Gasteiger charge is 2.34. The molecule has 1 heterocycles. The molecule has 15 heavy (non-hydrogen) atoms. The molecule has 1 saturated carbocycles. The van der Waals surface area contributed by atoms with Crippen LogP contribution in [0.25, 0.3) is 0 Å². The molecule has 0 aromatic heterocycles. The maximum Gasteiger partial charge on any atom is 0.240 e. The molecule has 1 N–H and O–H groups in total. The fourth-order valence-electron chi connectivity index (χ4n) is 2.87. The van der Waals surface area contributed by atoms with Crippen molar-refractivity contribution in [3.8, 4) is 0 Å². The zero-order chi connectivity index (χ0) is 10.8. The van der Waals surface area contributed by atoms with Crippen molar-refractivity contribution in [2.24, 2.45) is 5.92 Å². The first-order valence-corrected chi connectivity index (χ1v) is 6.26. The van der Waals surface area contributed by atoms with Gasteiger partial charge < -0.3 is 4.90 Å². The molecule has 0 aromatic carbocycles. The average Bonchev–Trinajstić information content (AvgIpc) is 2.60. The molecule has 0 bridgehead atoms. The second kappa shape index (κ2) is 4.52. The Labute approximate surface area is 92.2 Å². The summed E-state index contributed by atoms with van der Waals surface area (Å²) in [6.07, 6.45) is 6.34. The van der Waals surface area contributed by atoms with Crippen LogP contribution in [0.15, 0.2) is 0 Å². The summed E-state index contributed by atoms with van der Waals surface area (Å²) in [5, 5.41) is 3.23. The van der Waals surface area contributed by atoms with Crippen molar-refractivity contribution in [1.82, 2.24) is 10.2 Å². The van der Waals surface area contributed by atoms with E-state index in [4.69, 9.17) is 0 Å². The van der Waals surface area contributed by atoms with Crippen molar-refractivity contribution in [3.63, 3.8) is 0 Å². The van der Waals surface area contributed by atoms with Gasteiger partial charge in [-0.05, 0) is 25.7 Å². The first-order chi connectivity index (χ1) is 7.22. The molecular formula is C12H22N2O. The average molecular weight is 210 g/mol. The third kappa shape index (κ3) is 2.17. The molecule has 86 valence electrons. The lowest BCUT2D eigenvalue weighted by Gasteiger charge is -2.34. The zero-order valence-electron chi connectivity index (χ0n) is 9.83. The molecule has 2 rings (SSSR count). The first kappa shape index (κ1) is 10.9. The van der Waals surface area contributed by atoms with E-state index in [-0.39, 0.29) is 6.04 Å². The summed E-state index contributed by atoms with van der Waals surface area (Å²) in [6, 6.07) is 0.542. The Kier molecular flexibility index (Phi) is 3.29. The third-order valence-corrected chi connectivity index (χ3v) is 3.99. The van der Waals surface area contributed by atoms with Crippen molar-refractivity contribution in [3.05, 3.63) is 0 Å². The van der Waals surface area contributed by atoms with Gasteiger partial charge in [-0.15, -0.1) is 0 Å². The van der Waals surface area contributed by atoms with E-state index in [9.17, 15) is 4.79 Å². The molecule has 0 radical (unpaired) electrons. The molecule has 1 saturated heterocycles. The van der Waals surface area contributed by atoms with E-state index in [2.05, 4.69) is 17.1 Å². The van der Waals surface area contributed by atoms with Gasteiger partial charge in [0.2, 0.25) is 5.91 Å². The summed E-state index contributed by atoms with van der Waals surface area (Å²) in [7, 11) is 0. The molecule has 1 aliphatic heterocycles. The SMILES string of the molecule is CCC1CCCC(N2CNC(C)C2=O)C1. The number of carbonyl (C=O) groups excluding carboxylic acids is 1. The summed E-state index contributed by atoms with van der Waals surface area (Å²) < 4.78 is 0. The Morgan fingerprint density at radius 3 is 2.87 bits per heavy atom. The van der Waals surface area contributed by atoms with Gasteiger partial charge in [0.05, 0.1) is 12.7 Å². The standard InChI is InChI=1S/C12H22N2O/c1-3-10-5-4-6-11(7-10)14-8-13-9(2)12(14)15/h9-11,13H,3-8H2,1-2H3. The second-order valence-corrected chi connectivity index (χ2v) is 4.99. The van der Waals surface area contributed by atoms with Crippen LogP contribution < -0.4 is 5.32 Å². The Balaban J connectivity index is 1.95. The van der Waals surface area contributed by atoms with Gasteiger partial charge in [-0.3, -0.25) is 10.1 Å². The highest BCUT2D eigenvalue weighted by molar-refractivity contribution is 5.83. The van der Waals surface area contributed by atoms with Gasteiger partial charge in [0.1, 0.15) is 0 Å². The van der Waals surface area contributed by atoms with Crippen molar-refractivity contribution < 1.29 is 4.79 Å². The van der Waals surface area contributed by atoms with E-state index in [1.807, 2.05) is 6.92 Å². The number of nitrogens with zero attached hydrogens (tertiary/aromatic N) is 1. The van der Waals surface area contributed by atoms with Crippen molar-refractivity contribution >= 4 is 5.91 Å². The Bertz CT molecular complexity index is 242. The minimum absolute atomic E-state index is 0.0343. The predicted octanol–water partition coefficient (Wildman–Crippen LogP) is 1.73. The lowest BCUT2D eigenvalue weighted by molar-refractivity contribution is -0.131. The van der Waals surface area contributed by atoms with Gasteiger partial charge in [0.25, 0.3) is 0 Å². The smallest absolute Gasteiger partial charge is 0.240 e. The number of hydrogen-bond donors (Lipinski definition) is 1. The summed E-state index contributed by atoms with van der Waals surface area (Å²) in [6.45, 7) is 4.99. The maximum absolute atomic E-state index is 11.9. The number of carbonyl (C=O) groups is 1. The topological polar surface area (TPSA) is 32.3 Å². The van der Waals surface area contributed by atoms with Crippen molar-refractivity contribution in [2.45, 2.75) is 58.0 Å². The van der Waals surface area contributed by atoms with Crippen LogP contribution in [-0.2, 0) is 4.79 Å². The first-order valence-electron chi connectivity index (χ1n) is 6.26. The van der Waals surface area contributed by atoms with Crippen molar-refractivity contribution in [2.75, 3.05) is 6.67 Å². The lowest BCUT2D eigenvalue weighted by atomic mass is 9.83. The zero-order valence-corrected chi connectivity index (χ0v) is 9.83. The van der Waals surface area contributed by atoms with Crippen LogP contribution in [0.3, 0.4) is 0 Å². The summed E-state index contributed by atoms with van der Waals surface area (Å²) in [4.78, 5) is 13.9. The maximum atomic E-state index is 11.9. The molecule has 1 amide bonds. The number of rotatable bonds is 2. The van der Waals surface area contributed by atoms with Crippen LogP contribution >= 0.6 is 0 Å². The molecule has 3 atom stereocenters. The molecular weight excluding hydrogens is 188 g/mol. The monoisotopic (exact) mass is 210 g/mol. The van der Waals surface area contributed by atoms with Gasteiger partial charge >= 0.3 is 0 Å². The molecule has 2 fully saturated rings. The predicted molar refractivity (Wildman–Crippen MR) is 60.3 cm³/mol. The molecule has 3 heteroatoms. The Morgan fingerprint density at radius 2 is 2.27 bits per heavy atom. The normalized spacial score (nSPS) is 37.3. The highest BCUT2D eigenvalue weighted by Crippen LogP contribution is 2.30. The van der Waals surface area contributed by atoms with Gasteiger partial charge in [-0.1, -0.05) is 26.2 Å². The molecule has 3 nitrogen and oxygen atoms in total. The number of hydrogen-bond acceptors (Lipinski definition) is 2. The van der Waals surface area contributed by atoms with E-state index in [0.717, 1.165) is 12.6 Å². The van der Waals surface area contributed by atoms with Gasteiger partial charge in [0, 0.05) is 6.04 Å². The van der Waals surface area contributed by atoms with Crippen LogP contribution in [0.5, 0.6) is 0 Å². The van der Waals surface area contributed by atoms with E-state index >= 15 is 0 Å². The van der Waals surface area contributed by atoms with E-state index in [0.29, 0.717) is 11.9 Å². The van der Waals surface area contributed by atoms with Crippen LogP contribution in [0.4, 0.5) is 0 Å². The molecule has 0 spiro atoms. The highest BCUT2D eigenvalue weighted by atomic mass is 16.2. The molecule has 2 aliphatic rings. The second-order valence-electron chi connectivity index (χ2n) is 4.99. The van der Waals surface area contributed by atoms with E-state index in [1.165, 1.54) is 32.1 Å².